The number of carbonyl (C=O) groups excluding carboxylic acids is 1. The van der Waals surface area contributed by atoms with Crippen molar-refractivity contribution < 1.29 is 9.53 Å². The van der Waals surface area contributed by atoms with E-state index in [-0.39, 0.29) is 11.7 Å². The summed E-state index contributed by atoms with van der Waals surface area (Å²) in [7, 11) is 0. The highest BCUT2D eigenvalue weighted by Crippen LogP contribution is 2.24. The molecule has 3 rings (SSSR count). The van der Waals surface area contributed by atoms with Crippen molar-refractivity contribution in [3.8, 4) is 5.75 Å². The first-order chi connectivity index (χ1) is 12.0. The average molecular weight is 376 g/mol. The van der Waals surface area contributed by atoms with Gasteiger partial charge in [-0.3, -0.25) is 4.79 Å². The standard InChI is InChI=1S/C18H18ClN3O2S/c1-3-24-13-6-7-14-16(9-13)22-18(21-14)25-10-17(23)20-15-8-12(19)5-4-11(15)2/h4-9H,3,10H2,1-2H3,(H,20,23)(H,21,22). The molecule has 7 heteroatoms. The highest BCUT2D eigenvalue weighted by molar-refractivity contribution is 7.99. The van der Waals surface area contributed by atoms with Gasteiger partial charge in [-0.25, -0.2) is 4.98 Å². The molecule has 5 nitrogen and oxygen atoms in total. The number of aromatic nitrogens is 2. The number of nitrogens with zero attached hydrogens (tertiary/aromatic N) is 1. The SMILES string of the molecule is CCOc1ccc2nc(SCC(=O)Nc3cc(Cl)ccc3C)[nH]c2c1. The quantitative estimate of drug-likeness (QED) is 0.615. The van der Waals surface area contributed by atoms with Crippen molar-refractivity contribution in [1.82, 2.24) is 9.97 Å². The fraction of sp³-hybridized carbons (Fsp3) is 0.222. The summed E-state index contributed by atoms with van der Waals surface area (Å²) in [6, 6.07) is 11.1. The van der Waals surface area contributed by atoms with Crippen LogP contribution in [-0.2, 0) is 4.79 Å². The number of aryl methyl sites for hydroxylation is 1. The van der Waals surface area contributed by atoms with Crippen molar-refractivity contribution in [3.05, 3.63) is 47.0 Å². The van der Waals surface area contributed by atoms with Crippen LogP contribution in [0.4, 0.5) is 5.69 Å². The Labute approximate surface area is 155 Å². The second kappa shape index (κ2) is 7.80. The number of hydrogen-bond acceptors (Lipinski definition) is 4. The van der Waals surface area contributed by atoms with Crippen LogP contribution < -0.4 is 10.1 Å². The van der Waals surface area contributed by atoms with E-state index in [0.29, 0.717) is 16.8 Å². The second-order valence-electron chi connectivity index (χ2n) is 5.45. The molecule has 1 heterocycles. The Morgan fingerprint density at radius 2 is 2.16 bits per heavy atom. The molecule has 0 bridgehead atoms. The number of amides is 1. The van der Waals surface area contributed by atoms with Gasteiger partial charge < -0.3 is 15.0 Å². The van der Waals surface area contributed by atoms with Gasteiger partial charge in [0.1, 0.15) is 5.75 Å². The number of carbonyl (C=O) groups is 1. The molecule has 3 aromatic rings. The molecular formula is C18H18ClN3O2S. The van der Waals surface area contributed by atoms with Crippen LogP contribution in [0.3, 0.4) is 0 Å². The normalized spacial score (nSPS) is 10.8. The Morgan fingerprint density at radius 1 is 1.32 bits per heavy atom. The fourth-order valence-electron chi connectivity index (χ4n) is 2.34. The molecule has 0 saturated carbocycles. The second-order valence-corrected chi connectivity index (χ2v) is 6.85. The van der Waals surface area contributed by atoms with Crippen LogP contribution >= 0.6 is 23.4 Å². The van der Waals surface area contributed by atoms with Crippen LogP contribution in [0.15, 0.2) is 41.6 Å². The number of anilines is 1. The van der Waals surface area contributed by atoms with Gasteiger partial charge in [0, 0.05) is 16.8 Å². The van der Waals surface area contributed by atoms with Gasteiger partial charge in [0.25, 0.3) is 0 Å². The molecule has 0 aliphatic carbocycles. The number of aromatic amines is 1. The third-order valence-corrected chi connectivity index (χ3v) is 4.66. The van der Waals surface area contributed by atoms with Crippen molar-refractivity contribution in [2.24, 2.45) is 0 Å². The lowest BCUT2D eigenvalue weighted by Gasteiger charge is -2.08. The van der Waals surface area contributed by atoms with Crippen LogP contribution in [0.5, 0.6) is 5.75 Å². The zero-order valence-corrected chi connectivity index (χ0v) is 15.5. The molecule has 0 aliphatic rings. The van der Waals surface area contributed by atoms with Crippen molar-refractivity contribution in [2.45, 2.75) is 19.0 Å². The number of halogens is 1. The zero-order valence-electron chi connectivity index (χ0n) is 13.9. The van der Waals surface area contributed by atoms with Gasteiger partial charge in [0.15, 0.2) is 5.16 Å². The summed E-state index contributed by atoms with van der Waals surface area (Å²) in [6.07, 6.45) is 0. The number of nitrogens with one attached hydrogen (secondary N) is 2. The molecule has 0 spiro atoms. The Morgan fingerprint density at radius 3 is 2.96 bits per heavy atom. The van der Waals surface area contributed by atoms with E-state index in [1.165, 1.54) is 11.8 Å². The lowest BCUT2D eigenvalue weighted by molar-refractivity contribution is -0.113. The molecular weight excluding hydrogens is 358 g/mol. The number of rotatable bonds is 6. The molecule has 2 aromatic carbocycles. The van der Waals surface area contributed by atoms with Crippen molar-refractivity contribution in [3.63, 3.8) is 0 Å². The predicted octanol–water partition coefficient (Wildman–Crippen LogP) is 4.65. The molecule has 1 aromatic heterocycles. The van der Waals surface area contributed by atoms with Crippen LogP contribution in [0, 0.1) is 6.92 Å². The third-order valence-electron chi connectivity index (χ3n) is 3.56. The van der Waals surface area contributed by atoms with Crippen LogP contribution in [0.1, 0.15) is 12.5 Å². The maximum Gasteiger partial charge on any atom is 0.234 e. The summed E-state index contributed by atoms with van der Waals surface area (Å²) < 4.78 is 5.48. The largest absolute Gasteiger partial charge is 0.494 e. The van der Waals surface area contributed by atoms with Crippen molar-refractivity contribution >= 4 is 46.0 Å². The van der Waals surface area contributed by atoms with Gasteiger partial charge in [-0.1, -0.05) is 29.4 Å². The highest BCUT2D eigenvalue weighted by atomic mass is 35.5. The summed E-state index contributed by atoms with van der Waals surface area (Å²) in [5.74, 6) is 0.944. The number of thioether (sulfide) groups is 1. The molecule has 2 N–H and O–H groups in total. The number of imidazole rings is 1. The molecule has 0 saturated heterocycles. The van der Waals surface area contributed by atoms with E-state index < -0.39 is 0 Å². The van der Waals surface area contributed by atoms with Gasteiger partial charge in [-0.05, 0) is 43.7 Å². The summed E-state index contributed by atoms with van der Waals surface area (Å²) in [5.41, 5.74) is 3.43. The van der Waals surface area contributed by atoms with E-state index in [1.54, 1.807) is 12.1 Å². The van der Waals surface area contributed by atoms with E-state index in [4.69, 9.17) is 16.3 Å². The lowest BCUT2D eigenvalue weighted by Crippen LogP contribution is -2.14. The number of H-pyrrole nitrogens is 1. The lowest BCUT2D eigenvalue weighted by atomic mass is 10.2. The maximum absolute atomic E-state index is 12.2. The highest BCUT2D eigenvalue weighted by Gasteiger charge is 2.09. The summed E-state index contributed by atoms with van der Waals surface area (Å²) >= 11 is 7.32. The number of fused-ring (bicyclic) bond motifs is 1. The van der Waals surface area contributed by atoms with E-state index in [1.807, 2.05) is 38.1 Å². The molecule has 0 atom stereocenters. The van der Waals surface area contributed by atoms with Gasteiger partial charge in [0.2, 0.25) is 5.91 Å². The molecule has 25 heavy (non-hydrogen) atoms. The van der Waals surface area contributed by atoms with Gasteiger partial charge >= 0.3 is 0 Å². The van der Waals surface area contributed by atoms with Crippen LogP contribution in [0.25, 0.3) is 11.0 Å². The fourth-order valence-corrected chi connectivity index (χ4v) is 3.20. The molecule has 1 amide bonds. The topological polar surface area (TPSA) is 67.0 Å². The maximum atomic E-state index is 12.2. The third kappa shape index (κ3) is 4.46. The Bertz CT molecular complexity index is 910. The summed E-state index contributed by atoms with van der Waals surface area (Å²) in [4.78, 5) is 19.8. The smallest absolute Gasteiger partial charge is 0.234 e. The molecule has 0 unspecified atom stereocenters. The first-order valence-corrected chi connectivity index (χ1v) is 9.23. The Hall–Kier alpha value is -2.18. The minimum Gasteiger partial charge on any atom is -0.494 e. The molecule has 130 valence electrons. The molecule has 0 fully saturated rings. The molecule has 0 aliphatic heterocycles. The summed E-state index contributed by atoms with van der Waals surface area (Å²) in [5, 5.41) is 4.16. The van der Waals surface area contributed by atoms with Gasteiger partial charge in [-0.2, -0.15) is 0 Å². The van der Waals surface area contributed by atoms with Gasteiger partial charge in [0.05, 0.1) is 23.4 Å². The van der Waals surface area contributed by atoms with Crippen molar-refractivity contribution in [1.29, 1.82) is 0 Å². The monoisotopic (exact) mass is 375 g/mol. The minimum absolute atomic E-state index is 0.106. The van der Waals surface area contributed by atoms with E-state index in [2.05, 4.69) is 15.3 Å². The van der Waals surface area contributed by atoms with E-state index in [0.717, 1.165) is 28.0 Å². The van der Waals surface area contributed by atoms with E-state index in [9.17, 15) is 4.79 Å². The molecule has 0 radical (unpaired) electrons. The Balaban J connectivity index is 1.63. The number of hydrogen-bond donors (Lipinski definition) is 2. The van der Waals surface area contributed by atoms with Crippen molar-refractivity contribution in [2.75, 3.05) is 17.7 Å². The average Bonchev–Trinajstić information content (AvgIpc) is 2.99. The zero-order chi connectivity index (χ0) is 17.8. The Kier molecular flexibility index (Phi) is 5.50. The van der Waals surface area contributed by atoms with Gasteiger partial charge in [-0.15, -0.1) is 0 Å². The number of ether oxygens (including phenoxy) is 1. The van der Waals surface area contributed by atoms with E-state index >= 15 is 0 Å². The number of benzene rings is 2. The summed E-state index contributed by atoms with van der Waals surface area (Å²) in [6.45, 7) is 4.48. The predicted molar refractivity (Wildman–Crippen MR) is 103 cm³/mol. The first kappa shape index (κ1) is 17.6. The van der Waals surface area contributed by atoms with Crippen LogP contribution in [0.2, 0.25) is 5.02 Å². The van der Waals surface area contributed by atoms with Crippen LogP contribution in [-0.4, -0.2) is 28.2 Å². The minimum atomic E-state index is -0.106. The first-order valence-electron chi connectivity index (χ1n) is 7.86.